The van der Waals surface area contributed by atoms with Gasteiger partial charge in [-0.3, -0.25) is 0 Å². The lowest BCUT2D eigenvalue weighted by molar-refractivity contribution is 0.529. The van der Waals surface area contributed by atoms with E-state index in [4.69, 9.17) is 0 Å². The number of nitrogens with zero attached hydrogens (tertiary/aromatic N) is 4. The standard InChI is InChI=1S/C19H17FN4/c1-12-3-4-15(9-13(12)2)17-10-18(14-5-7-16(20)8-6-14)24-19(23-17)21-11-22-24/h3-9,11,18H,10H2,1-2H3. The van der Waals surface area contributed by atoms with Gasteiger partial charge in [-0.05, 0) is 54.3 Å². The SMILES string of the molecule is Cc1ccc(C2=Nc3ncnn3C(c3ccc(F)cc3)C2)cc1C. The van der Waals surface area contributed by atoms with Crippen molar-refractivity contribution in [1.29, 1.82) is 0 Å². The Kier molecular flexibility index (Phi) is 3.49. The fourth-order valence-corrected chi connectivity index (χ4v) is 3.03. The van der Waals surface area contributed by atoms with Gasteiger partial charge in [-0.1, -0.05) is 24.3 Å². The second-order valence-corrected chi connectivity index (χ2v) is 6.13. The Morgan fingerprint density at radius 1 is 1.04 bits per heavy atom. The van der Waals surface area contributed by atoms with Crippen LogP contribution in [-0.2, 0) is 0 Å². The van der Waals surface area contributed by atoms with Crippen LogP contribution in [0.1, 0.15) is 34.7 Å². The van der Waals surface area contributed by atoms with E-state index in [2.05, 4.69) is 47.1 Å². The molecule has 1 aliphatic rings. The summed E-state index contributed by atoms with van der Waals surface area (Å²) in [6, 6.07) is 12.9. The normalized spacial score (nSPS) is 16.6. The van der Waals surface area contributed by atoms with Gasteiger partial charge in [0.05, 0.1) is 11.8 Å². The molecule has 1 atom stereocenters. The summed E-state index contributed by atoms with van der Waals surface area (Å²) in [7, 11) is 0. The van der Waals surface area contributed by atoms with Crippen molar-refractivity contribution < 1.29 is 4.39 Å². The van der Waals surface area contributed by atoms with Gasteiger partial charge in [0, 0.05) is 6.42 Å². The number of aromatic nitrogens is 3. The average molecular weight is 320 g/mol. The van der Waals surface area contributed by atoms with Gasteiger partial charge in [0.15, 0.2) is 0 Å². The van der Waals surface area contributed by atoms with E-state index in [1.165, 1.54) is 29.6 Å². The van der Waals surface area contributed by atoms with Crippen molar-refractivity contribution in [3.05, 3.63) is 76.9 Å². The summed E-state index contributed by atoms with van der Waals surface area (Å²) < 4.78 is 15.1. The molecule has 0 fully saturated rings. The molecule has 0 saturated heterocycles. The summed E-state index contributed by atoms with van der Waals surface area (Å²) in [5.74, 6) is 0.347. The molecule has 24 heavy (non-hydrogen) atoms. The van der Waals surface area contributed by atoms with E-state index in [0.29, 0.717) is 12.4 Å². The van der Waals surface area contributed by atoms with Crippen molar-refractivity contribution >= 4 is 11.7 Å². The van der Waals surface area contributed by atoms with Crippen LogP contribution in [0.15, 0.2) is 53.8 Å². The van der Waals surface area contributed by atoms with Crippen LogP contribution in [-0.4, -0.2) is 20.5 Å². The lowest BCUT2D eigenvalue weighted by Gasteiger charge is -2.24. The fourth-order valence-electron chi connectivity index (χ4n) is 3.03. The largest absolute Gasteiger partial charge is 0.248 e. The molecule has 0 radical (unpaired) electrons. The molecule has 2 aromatic carbocycles. The Bertz CT molecular complexity index is 925. The van der Waals surface area contributed by atoms with Crippen LogP contribution in [0.2, 0.25) is 0 Å². The minimum atomic E-state index is -0.239. The minimum absolute atomic E-state index is 0.0304. The summed E-state index contributed by atoms with van der Waals surface area (Å²) in [5.41, 5.74) is 5.57. The molecule has 0 saturated carbocycles. The Balaban J connectivity index is 1.78. The second-order valence-electron chi connectivity index (χ2n) is 6.13. The maximum atomic E-state index is 13.3. The number of hydrogen-bond donors (Lipinski definition) is 0. The number of hydrogen-bond acceptors (Lipinski definition) is 3. The smallest absolute Gasteiger partial charge is 0.222 e. The molecule has 1 aliphatic heterocycles. The zero-order valence-corrected chi connectivity index (χ0v) is 13.6. The Hall–Kier alpha value is -2.82. The molecule has 3 aromatic rings. The lowest BCUT2D eigenvalue weighted by atomic mass is 9.94. The molecule has 1 unspecified atom stereocenters. The molecule has 0 spiro atoms. The maximum absolute atomic E-state index is 13.3. The third-order valence-corrected chi connectivity index (χ3v) is 4.57. The second kappa shape index (κ2) is 5.67. The molecule has 2 heterocycles. The molecule has 0 bridgehead atoms. The third kappa shape index (κ3) is 2.52. The highest BCUT2D eigenvalue weighted by Gasteiger charge is 2.26. The molecule has 1 aromatic heterocycles. The van der Waals surface area contributed by atoms with Crippen LogP contribution < -0.4 is 0 Å². The number of aryl methyl sites for hydroxylation is 2. The Morgan fingerprint density at radius 3 is 2.58 bits per heavy atom. The average Bonchev–Trinajstić information content (AvgIpc) is 3.06. The van der Waals surface area contributed by atoms with E-state index in [0.717, 1.165) is 16.8 Å². The highest BCUT2D eigenvalue weighted by molar-refractivity contribution is 6.03. The van der Waals surface area contributed by atoms with E-state index >= 15 is 0 Å². The first kappa shape index (κ1) is 14.8. The summed E-state index contributed by atoms with van der Waals surface area (Å²) in [5, 5.41) is 4.30. The predicted molar refractivity (Wildman–Crippen MR) is 91.3 cm³/mol. The molecule has 0 aliphatic carbocycles. The number of rotatable bonds is 2. The van der Waals surface area contributed by atoms with E-state index in [9.17, 15) is 4.39 Å². The number of benzene rings is 2. The fraction of sp³-hybridized carbons (Fsp3) is 0.211. The summed E-state index contributed by atoms with van der Waals surface area (Å²) in [6.45, 7) is 4.20. The number of aliphatic imine (C=N–C) groups is 1. The van der Waals surface area contributed by atoms with Gasteiger partial charge < -0.3 is 0 Å². The minimum Gasteiger partial charge on any atom is -0.222 e. The van der Waals surface area contributed by atoms with Crippen molar-refractivity contribution in [2.45, 2.75) is 26.3 Å². The molecule has 0 amide bonds. The summed E-state index contributed by atoms with van der Waals surface area (Å²) >= 11 is 0. The summed E-state index contributed by atoms with van der Waals surface area (Å²) in [4.78, 5) is 8.93. The van der Waals surface area contributed by atoms with Crippen LogP contribution in [0.3, 0.4) is 0 Å². The van der Waals surface area contributed by atoms with Gasteiger partial charge in [0.2, 0.25) is 5.95 Å². The number of fused-ring (bicyclic) bond motifs is 1. The quantitative estimate of drug-likeness (QED) is 0.712. The zero-order chi connectivity index (χ0) is 16.7. The van der Waals surface area contributed by atoms with Gasteiger partial charge in [-0.2, -0.15) is 10.1 Å². The first-order chi connectivity index (χ1) is 11.6. The van der Waals surface area contributed by atoms with Crippen molar-refractivity contribution in [2.75, 3.05) is 0 Å². The monoisotopic (exact) mass is 320 g/mol. The van der Waals surface area contributed by atoms with Gasteiger partial charge >= 0.3 is 0 Å². The molecule has 120 valence electrons. The van der Waals surface area contributed by atoms with Crippen molar-refractivity contribution in [3.63, 3.8) is 0 Å². The van der Waals surface area contributed by atoms with Gasteiger partial charge in [-0.25, -0.2) is 14.1 Å². The van der Waals surface area contributed by atoms with E-state index < -0.39 is 0 Å². The van der Waals surface area contributed by atoms with Crippen LogP contribution in [0.5, 0.6) is 0 Å². The molecule has 5 heteroatoms. The maximum Gasteiger partial charge on any atom is 0.248 e. The van der Waals surface area contributed by atoms with Gasteiger partial charge in [-0.15, -0.1) is 0 Å². The lowest BCUT2D eigenvalue weighted by Crippen LogP contribution is -2.21. The highest BCUT2D eigenvalue weighted by Crippen LogP contribution is 2.32. The third-order valence-electron chi connectivity index (χ3n) is 4.57. The van der Waals surface area contributed by atoms with Crippen molar-refractivity contribution in [1.82, 2.24) is 14.8 Å². The predicted octanol–water partition coefficient (Wildman–Crippen LogP) is 4.15. The summed E-state index contributed by atoms with van der Waals surface area (Å²) in [6.07, 6.45) is 2.21. The van der Waals surface area contributed by atoms with E-state index in [1.807, 2.05) is 0 Å². The van der Waals surface area contributed by atoms with Crippen LogP contribution in [0.4, 0.5) is 10.3 Å². The number of halogens is 1. The van der Waals surface area contributed by atoms with Crippen LogP contribution in [0, 0.1) is 19.7 Å². The van der Waals surface area contributed by atoms with E-state index in [1.54, 1.807) is 16.8 Å². The van der Waals surface area contributed by atoms with Gasteiger partial charge in [0.25, 0.3) is 0 Å². The van der Waals surface area contributed by atoms with Crippen LogP contribution >= 0.6 is 0 Å². The van der Waals surface area contributed by atoms with Crippen molar-refractivity contribution in [3.8, 4) is 0 Å². The molecular weight excluding hydrogens is 303 g/mol. The molecule has 0 N–H and O–H groups in total. The highest BCUT2D eigenvalue weighted by atomic mass is 19.1. The Labute approximate surface area is 139 Å². The zero-order valence-electron chi connectivity index (χ0n) is 13.6. The topological polar surface area (TPSA) is 43.1 Å². The van der Waals surface area contributed by atoms with Crippen LogP contribution in [0.25, 0.3) is 0 Å². The van der Waals surface area contributed by atoms with Crippen molar-refractivity contribution in [2.24, 2.45) is 4.99 Å². The van der Waals surface area contributed by atoms with E-state index in [-0.39, 0.29) is 11.9 Å². The molecule has 4 nitrogen and oxygen atoms in total. The molecule has 4 rings (SSSR count). The first-order valence-corrected chi connectivity index (χ1v) is 7.92. The Morgan fingerprint density at radius 2 is 1.83 bits per heavy atom. The van der Waals surface area contributed by atoms with Gasteiger partial charge in [0.1, 0.15) is 12.1 Å². The first-order valence-electron chi connectivity index (χ1n) is 7.92. The molecular formula is C19H17FN4.